The number of nitrogens with zero attached hydrogens (tertiary/aromatic N) is 4. The number of carbonyl (C=O) groups is 1. The molecule has 9 heteroatoms. The third kappa shape index (κ3) is 5.36. The number of benzene rings is 1. The Morgan fingerprint density at radius 2 is 2.10 bits per heavy atom. The fourth-order valence-electron chi connectivity index (χ4n) is 2.67. The second-order valence-electron chi connectivity index (χ2n) is 6.74. The SMILES string of the molecule is CCn1c(COc2cc(C)ccc2C)nnc1S[C@H](C)C(=O)Nc1nc(C)cs1. The van der Waals surface area contributed by atoms with E-state index in [0.717, 1.165) is 28.4 Å². The largest absolute Gasteiger partial charge is 0.485 e. The topological polar surface area (TPSA) is 81.9 Å². The molecule has 7 nitrogen and oxygen atoms in total. The van der Waals surface area contributed by atoms with E-state index in [1.165, 1.54) is 23.1 Å². The molecule has 29 heavy (non-hydrogen) atoms. The van der Waals surface area contributed by atoms with Gasteiger partial charge in [-0.1, -0.05) is 23.9 Å². The van der Waals surface area contributed by atoms with Crippen LogP contribution in [0.25, 0.3) is 0 Å². The molecule has 1 N–H and O–H groups in total. The summed E-state index contributed by atoms with van der Waals surface area (Å²) in [5.41, 5.74) is 3.12. The van der Waals surface area contributed by atoms with Crippen molar-refractivity contribution in [1.82, 2.24) is 19.7 Å². The van der Waals surface area contributed by atoms with Gasteiger partial charge in [-0.15, -0.1) is 21.5 Å². The van der Waals surface area contributed by atoms with Gasteiger partial charge in [-0.05, 0) is 51.8 Å². The Morgan fingerprint density at radius 3 is 2.79 bits per heavy atom. The van der Waals surface area contributed by atoms with Gasteiger partial charge in [-0.25, -0.2) is 4.98 Å². The zero-order chi connectivity index (χ0) is 21.0. The van der Waals surface area contributed by atoms with Crippen LogP contribution in [0.1, 0.15) is 36.5 Å². The van der Waals surface area contributed by atoms with E-state index >= 15 is 0 Å². The Labute approximate surface area is 178 Å². The van der Waals surface area contributed by atoms with Gasteiger partial charge in [0.15, 0.2) is 16.1 Å². The van der Waals surface area contributed by atoms with E-state index in [1.54, 1.807) is 0 Å². The van der Waals surface area contributed by atoms with Gasteiger partial charge < -0.3 is 14.6 Å². The summed E-state index contributed by atoms with van der Waals surface area (Å²) >= 11 is 2.79. The van der Waals surface area contributed by atoms with Crippen LogP contribution in [-0.4, -0.2) is 30.9 Å². The lowest BCUT2D eigenvalue weighted by Crippen LogP contribution is -2.23. The summed E-state index contributed by atoms with van der Waals surface area (Å²) in [6.07, 6.45) is 0. The first-order valence-electron chi connectivity index (χ1n) is 9.39. The second kappa shape index (κ2) is 9.41. The van der Waals surface area contributed by atoms with E-state index in [4.69, 9.17) is 4.74 Å². The van der Waals surface area contributed by atoms with E-state index in [1.807, 2.05) is 56.7 Å². The highest BCUT2D eigenvalue weighted by Gasteiger charge is 2.21. The van der Waals surface area contributed by atoms with Gasteiger partial charge in [-0.3, -0.25) is 4.79 Å². The number of rotatable bonds is 8. The molecule has 0 saturated carbocycles. The minimum Gasteiger partial charge on any atom is -0.485 e. The van der Waals surface area contributed by atoms with Crippen molar-refractivity contribution < 1.29 is 9.53 Å². The first-order chi connectivity index (χ1) is 13.9. The van der Waals surface area contributed by atoms with Crippen LogP contribution in [0.3, 0.4) is 0 Å². The van der Waals surface area contributed by atoms with Crippen molar-refractivity contribution in [3.8, 4) is 5.75 Å². The summed E-state index contributed by atoms with van der Waals surface area (Å²) in [6.45, 7) is 10.8. The molecule has 0 fully saturated rings. The quantitative estimate of drug-likeness (QED) is 0.533. The number of aromatic nitrogens is 4. The van der Waals surface area contributed by atoms with Crippen molar-refractivity contribution >= 4 is 34.1 Å². The number of ether oxygens (including phenoxy) is 1. The van der Waals surface area contributed by atoms with Crippen molar-refractivity contribution in [2.24, 2.45) is 0 Å². The van der Waals surface area contributed by atoms with Crippen LogP contribution < -0.4 is 10.1 Å². The number of carbonyl (C=O) groups excluding carboxylic acids is 1. The molecule has 3 rings (SSSR count). The van der Waals surface area contributed by atoms with Gasteiger partial charge in [0.25, 0.3) is 0 Å². The highest BCUT2D eigenvalue weighted by Crippen LogP contribution is 2.25. The minimum atomic E-state index is -0.332. The number of hydrogen-bond acceptors (Lipinski definition) is 7. The van der Waals surface area contributed by atoms with Crippen LogP contribution in [0.15, 0.2) is 28.7 Å². The molecule has 0 aliphatic rings. The Hall–Kier alpha value is -2.39. The van der Waals surface area contributed by atoms with Crippen LogP contribution in [0.4, 0.5) is 5.13 Å². The summed E-state index contributed by atoms with van der Waals surface area (Å²) < 4.78 is 7.95. The predicted octanol–water partition coefficient (Wildman–Crippen LogP) is 4.38. The lowest BCUT2D eigenvalue weighted by Gasteiger charge is -2.13. The molecule has 0 unspecified atom stereocenters. The van der Waals surface area contributed by atoms with E-state index in [-0.39, 0.29) is 11.2 Å². The standard InChI is InChI=1S/C20H25N5O2S2/c1-6-25-17(10-27-16-9-12(2)7-8-13(16)3)23-24-20(25)29-15(5)18(26)22-19-21-14(4)11-28-19/h7-9,11,15H,6,10H2,1-5H3,(H,21,22,26)/t15-/m1/s1. The van der Waals surface area contributed by atoms with Crippen LogP contribution in [-0.2, 0) is 17.9 Å². The fraction of sp³-hybridized carbons (Fsp3) is 0.400. The van der Waals surface area contributed by atoms with Crippen LogP contribution in [0, 0.1) is 20.8 Å². The average molecular weight is 432 g/mol. The second-order valence-corrected chi connectivity index (χ2v) is 8.91. The molecular formula is C20H25N5O2S2. The van der Waals surface area contributed by atoms with Crippen molar-refractivity contribution in [1.29, 1.82) is 0 Å². The normalized spacial score (nSPS) is 12.0. The maximum atomic E-state index is 12.5. The zero-order valence-corrected chi connectivity index (χ0v) is 18.9. The number of thioether (sulfide) groups is 1. The number of thiazole rings is 1. The van der Waals surface area contributed by atoms with Gasteiger partial charge >= 0.3 is 0 Å². The predicted molar refractivity (Wildman–Crippen MR) is 117 cm³/mol. The Morgan fingerprint density at radius 1 is 1.31 bits per heavy atom. The average Bonchev–Trinajstić information content (AvgIpc) is 3.27. The Bertz CT molecular complexity index is 999. The monoisotopic (exact) mass is 431 g/mol. The molecule has 0 spiro atoms. The number of anilines is 1. The summed E-state index contributed by atoms with van der Waals surface area (Å²) in [5, 5.41) is 14.3. The first-order valence-corrected chi connectivity index (χ1v) is 11.1. The lowest BCUT2D eigenvalue weighted by molar-refractivity contribution is -0.115. The van der Waals surface area contributed by atoms with Gasteiger partial charge in [0.05, 0.1) is 10.9 Å². The number of nitrogens with one attached hydrogen (secondary N) is 1. The molecule has 2 aromatic heterocycles. The van der Waals surface area contributed by atoms with E-state index in [0.29, 0.717) is 23.4 Å². The molecule has 154 valence electrons. The Kier molecular flexibility index (Phi) is 6.92. The molecule has 0 aliphatic carbocycles. The molecule has 1 atom stereocenters. The molecule has 0 radical (unpaired) electrons. The van der Waals surface area contributed by atoms with Crippen molar-refractivity contribution in [2.45, 2.75) is 58.2 Å². The van der Waals surface area contributed by atoms with Gasteiger partial charge in [0, 0.05) is 11.9 Å². The third-order valence-corrected chi connectivity index (χ3v) is 6.27. The van der Waals surface area contributed by atoms with E-state index in [2.05, 4.69) is 26.6 Å². The van der Waals surface area contributed by atoms with Crippen LogP contribution >= 0.6 is 23.1 Å². The minimum absolute atomic E-state index is 0.108. The van der Waals surface area contributed by atoms with Crippen molar-refractivity contribution in [3.05, 3.63) is 46.2 Å². The molecule has 0 aliphatic heterocycles. The van der Waals surface area contributed by atoms with Crippen LogP contribution in [0.5, 0.6) is 5.75 Å². The van der Waals surface area contributed by atoms with E-state index < -0.39 is 0 Å². The molecular weight excluding hydrogens is 406 g/mol. The van der Waals surface area contributed by atoms with E-state index in [9.17, 15) is 4.79 Å². The van der Waals surface area contributed by atoms with Crippen molar-refractivity contribution in [2.75, 3.05) is 5.32 Å². The van der Waals surface area contributed by atoms with Gasteiger partial charge in [0.2, 0.25) is 5.91 Å². The molecule has 0 saturated heterocycles. The molecule has 1 amide bonds. The number of amides is 1. The highest BCUT2D eigenvalue weighted by molar-refractivity contribution is 8.00. The fourth-order valence-corrected chi connectivity index (χ4v) is 4.29. The van der Waals surface area contributed by atoms with Gasteiger partial charge in [0.1, 0.15) is 12.4 Å². The van der Waals surface area contributed by atoms with Crippen molar-refractivity contribution in [3.63, 3.8) is 0 Å². The Balaban J connectivity index is 1.65. The summed E-state index contributed by atoms with van der Waals surface area (Å²) in [5.74, 6) is 1.47. The zero-order valence-electron chi connectivity index (χ0n) is 17.2. The number of aryl methyl sites for hydroxylation is 3. The molecule has 1 aromatic carbocycles. The summed E-state index contributed by atoms with van der Waals surface area (Å²) in [4.78, 5) is 16.7. The first kappa shape index (κ1) is 21.3. The molecule has 0 bridgehead atoms. The maximum Gasteiger partial charge on any atom is 0.239 e. The summed E-state index contributed by atoms with van der Waals surface area (Å²) in [7, 11) is 0. The highest BCUT2D eigenvalue weighted by atomic mass is 32.2. The van der Waals surface area contributed by atoms with Gasteiger partial charge in [-0.2, -0.15) is 0 Å². The summed E-state index contributed by atoms with van der Waals surface area (Å²) in [6, 6.07) is 6.12. The maximum absolute atomic E-state index is 12.5. The molecule has 3 aromatic rings. The molecule has 2 heterocycles. The smallest absolute Gasteiger partial charge is 0.239 e. The number of hydrogen-bond donors (Lipinski definition) is 1. The van der Waals surface area contributed by atoms with Crippen LogP contribution in [0.2, 0.25) is 0 Å². The third-order valence-electron chi connectivity index (χ3n) is 4.31. The lowest BCUT2D eigenvalue weighted by atomic mass is 10.1.